The first-order chi connectivity index (χ1) is 16.5. The van der Waals surface area contributed by atoms with E-state index in [1.54, 1.807) is 17.2 Å². The van der Waals surface area contributed by atoms with E-state index in [1.165, 1.54) is 23.7 Å². The molecule has 4 rings (SSSR count). The third-order valence-electron chi connectivity index (χ3n) is 6.53. The van der Waals surface area contributed by atoms with E-state index < -0.39 is 17.0 Å². The lowest BCUT2D eigenvalue weighted by atomic mass is 9.85. The highest BCUT2D eigenvalue weighted by Crippen LogP contribution is 2.31. The number of pyridine rings is 1. The van der Waals surface area contributed by atoms with Gasteiger partial charge in [-0.3, -0.25) is 4.79 Å². The van der Waals surface area contributed by atoms with E-state index in [1.807, 2.05) is 33.8 Å². The Balaban J connectivity index is 1.40. The van der Waals surface area contributed by atoms with E-state index in [0.717, 1.165) is 18.3 Å². The Bertz CT molecular complexity index is 1040. The summed E-state index contributed by atoms with van der Waals surface area (Å²) in [5.41, 5.74) is -0.467. The van der Waals surface area contributed by atoms with Crippen molar-refractivity contribution < 1.29 is 18.7 Å². The summed E-state index contributed by atoms with van der Waals surface area (Å²) in [7, 11) is 0. The van der Waals surface area contributed by atoms with Crippen molar-refractivity contribution in [3.63, 3.8) is 0 Å². The van der Waals surface area contributed by atoms with Crippen LogP contribution < -0.4 is 10.6 Å². The molecule has 0 aromatic carbocycles. The predicted molar refractivity (Wildman–Crippen MR) is 128 cm³/mol. The zero-order chi connectivity index (χ0) is 25.2. The summed E-state index contributed by atoms with van der Waals surface area (Å²) in [5, 5.41) is 10.6. The maximum Gasteiger partial charge on any atom is 0.410 e. The minimum atomic E-state index is -0.741. The smallest absolute Gasteiger partial charge is 0.410 e. The Morgan fingerprint density at radius 1 is 1.23 bits per heavy atom. The van der Waals surface area contributed by atoms with Crippen LogP contribution in [0.3, 0.4) is 0 Å². The van der Waals surface area contributed by atoms with Crippen LogP contribution >= 0.6 is 0 Å². The van der Waals surface area contributed by atoms with E-state index >= 15 is 0 Å². The van der Waals surface area contributed by atoms with Crippen molar-refractivity contribution in [3.05, 3.63) is 42.1 Å². The molecule has 0 spiro atoms. The van der Waals surface area contributed by atoms with E-state index in [4.69, 9.17) is 4.74 Å². The number of ether oxygens (including phenoxy) is 1. The number of nitrogens with zero attached hydrogens (tertiary/aromatic N) is 4. The molecule has 2 amide bonds. The molecule has 1 atom stereocenters. The number of hydrogen-bond acceptors (Lipinski definition) is 6. The van der Waals surface area contributed by atoms with Crippen LogP contribution in [0.5, 0.6) is 0 Å². The number of rotatable bonds is 7. The zero-order valence-electron chi connectivity index (χ0n) is 20.9. The molecule has 190 valence electrons. The molecule has 3 heterocycles. The Hall–Kier alpha value is -3.01. The van der Waals surface area contributed by atoms with Gasteiger partial charge in [-0.2, -0.15) is 5.10 Å². The topological polar surface area (TPSA) is 101 Å². The van der Waals surface area contributed by atoms with Crippen LogP contribution in [0, 0.1) is 11.7 Å². The van der Waals surface area contributed by atoms with E-state index in [-0.39, 0.29) is 18.0 Å². The van der Waals surface area contributed by atoms with Crippen LogP contribution in [0.4, 0.5) is 9.18 Å². The number of amides is 2. The number of likely N-dealkylation sites (tertiary alicyclic amines) is 1. The van der Waals surface area contributed by atoms with Crippen LogP contribution in [-0.2, 0) is 9.53 Å². The quantitative estimate of drug-likeness (QED) is 0.623. The molecule has 1 aliphatic carbocycles. The molecular weight excluding hydrogens is 451 g/mol. The van der Waals surface area contributed by atoms with Crippen molar-refractivity contribution in [2.24, 2.45) is 5.92 Å². The van der Waals surface area contributed by atoms with Crippen molar-refractivity contribution >= 4 is 12.0 Å². The third-order valence-corrected chi connectivity index (χ3v) is 6.53. The van der Waals surface area contributed by atoms with Crippen LogP contribution in [0.15, 0.2) is 30.7 Å². The van der Waals surface area contributed by atoms with Crippen molar-refractivity contribution in [1.29, 1.82) is 0 Å². The Labute approximate surface area is 205 Å². The summed E-state index contributed by atoms with van der Waals surface area (Å²) >= 11 is 0. The lowest BCUT2D eigenvalue weighted by Crippen LogP contribution is -2.63. The van der Waals surface area contributed by atoms with Gasteiger partial charge in [-0.15, -0.1) is 0 Å². The number of hydrogen-bond donors (Lipinski definition) is 2. The van der Waals surface area contributed by atoms with Crippen LogP contribution in [-0.4, -0.2) is 62.4 Å². The molecule has 2 aromatic heterocycles. The fourth-order valence-corrected chi connectivity index (χ4v) is 4.18. The molecule has 0 unspecified atom stereocenters. The molecule has 1 saturated heterocycles. The summed E-state index contributed by atoms with van der Waals surface area (Å²) < 4.78 is 20.1. The van der Waals surface area contributed by atoms with Crippen molar-refractivity contribution in [2.45, 2.75) is 70.6 Å². The minimum absolute atomic E-state index is 0.0762. The number of piperidine rings is 1. The number of carbonyl (C=O) groups excluding carboxylic acids is 2. The van der Waals surface area contributed by atoms with Crippen molar-refractivity contribution in [3.8, 4) is 5.82 Å². The lowest BCUT2D eigenvalue weighted by molar-refractivity contribution is -0.130. The van der Waals surface area contributed by atoms with Crippen LogP contribution in [0.25, 0.3) is 5.82 Å². The maximum absolute atomic E-state index is 13.5. The average molecular weight is 487 g/mol. The van der Waals surface area contributed by atoms with Gasteiger partial charge in [0.25, 0.3) is 0 Å². The molecule has 10 heteroatoms. The number of nitrogens with one attached hydrogen (secondary N) is 2. The van der Waals surface area contributed by atoms with E-state index in [0.29, 0.717) is 37.7 Å². The fourth-order valence-electron chi connectivity index (χ4n) is 4.18. The van der Waals surface area contributed by atoms with E-state index in [9.17, 15) is 14.0 Å². The van der Waals surface area contributed by atoms with Gasteiger partial charge in [-0.25, -0.2) is 18.9 Å². The van der Waals surface area contributed by atoms with Gasteiger partial charge >= 0.3 is 6.09 Å². The van der Waals surface area contributed by atoms with Gasteiger partial charge in [0.05, 0.1) is 18.4 Å². The Kier molecular flexibility index (Phi) is 7.12. The molecule has 0 radical (unpaired) electrons. The highest BCUT2D eigenvalue weighted by Gasteiger charge is 2.44. The molecule has 9 nitrogen and oxygen atoms in total. The highest BCUT2D eigenvalue weighted by atomic mass is 19.1. The standard InChI is InChI=1S/C25H35FN6O3/c1-17(19-7-8-21(27-14-19)32-16-20(26)15-29-32)30-22(33)25(28-13-18-5-6-18)9-11-31(12-10-25)23(34)35-24(2,3)4/h7-8,14-18,28H,5-6,9-13H2,1-4H3,(H,30,33)/t17-/m0/s1. The van der Waals surface area contributed by atoms with Crippen LogP contribution in [0.1, 0.15) is 65.0 Å². The second-order valence-electron chi connectivity index (χ2n) is 10.6. The Morgan fingerprint density at radius 3 is 2.49 bits per heavy atom. The summed E-state index contributed by atoms with van der Waals surface area (Å²) in [4.78, 5) is 32.1. The molecule has 2 fully saturated rings. The molecule has 2 aromatic rings. The first kappa shape index (κ1) is 25.1. The zero-order valence-corrected chi connectivity index (χ0v) is 20.9. The molecule has 2 N–H and O–H groups in total. The normalized spacial score (nSPS) is 18.7. The first-order valence-corrected chi connectivity index (χ1v) is 12.3. The van der Waals surface area contributed by atoms with Gasteiger partial charge < -0.3 is 20.3 Å². The Morgan fingerprint density at radius 2 is 1.94 bits per heavy atom. The molecular formula is C25H35FN6O3. The van der Waals surface area contributed by atoms with Gasteiger partial charge in [0.1, 0.15) is 11.1 Å². The average Bonchev–Trinajstić information content (AvgIpc) is 3.55. The SMILES string of the molecule is C[C@H](NC(=O)C1(NCC2CC2)CCN(C(=O)OC(C)(C)C)CC1)c1ccc(-n2cc(F)cn2)nc1. The van der Waals surface area contributed by atoms with Crippen molar-refractivity contribution in [2.75, 3.05) is 19.6 Å². The third kappa shape index (κ3) is 6.36. The largest absolute Gasteiger partial charge is 0.444 e. The number of halogens is 1. The summed E-state index contributed by atoms with van der Waals surface area (Å²) in [6.07, 6.45) is 7.10. The lowest BCUT2D eigenvalue weighted by Gasteiger charge is -2.42. The van der Waals surface area contributed by atoms with E-state index in [2.05, 4.69) is 20.7 Å². The number of carbonyl (C=O) groups is 2. The molecule has 2 aliphatic rings. The summed E-state index contributed by atoms with van der Waals surface area (Å²) in [6.45, 7) is 9.15. The predicted octanol–water partition coefficient (Wildman–Crippen LogP) is 3.35. The second-order valence-corrected chi connectivity index (χ2v) is 10.6. The molecule has 35 heavy (non-hydrogen) atoms. The molecule has 1 aliphatic heterocycles. The van der Waals surface area contributed by atoms with Gasteiger partial charge in [0.15, 0.2) is 11.6 Å². The van der Waals surface area contributed by atoms with Crippen LogP contribution in [0.2, 0.25) is 0 Å². The van der Waals surface area contributed by atoms with Crippen molar-refractivity contribution in [1.82, 2.24) is 30.3 Å². The minimum Gasteiger partial charge on any atom is -0.444 e. The van der Waals surface area contributed by atoms with Gasteiger partial charge in [-0.1, -0.05) is 6.07 Å². The first-order valence-electron chi connectivity index (χ1n) is 12.3. The molecule has 1 saturated carbocycles. The monoisotopic (exact) mass is 486 g/mol. The van der Waals surface area contributed by atoms with Gasteiger partial charge in [-0.05, 0) is 77.5 Å². The fraction of sp³-hybridized carbons (Fsp3) is 0.600. The second kappa shape index (κ2) is 9.93. The van der Waals surface area contributed by atoms with Gasteiger partial charge in [0.2, 0.25) is 5.91 Å². The summed E-state index contributed by atoms with van der Waals surface area (Å²) in [6, 6.07) is 3.31. The maximum atomic E-state index is 13.5. The summed E-state index contributed by atoms with van der Waals surface area (Å²) in [5.74, 6) is 0.601. The van der Waals surface area contributed by atoms with Gasteiger partial charge in [0, 0.05) is 19.3 Å². The number of aromatic nitrogens is 3. The molecule has 0 bridgehead atoms. The highest BCUT2D eigenvalue weighted by molar-refractivity contribution is 5.87.